The van der Waals surface area contributed by atoms with Gasteiger partial charge in [0, 0.05) is 36.8 Å². The number of hydrogen-bond acceptors (Lipinski definition) is 8. The van der Waals surface area contributed by atoms with Crippen LogP contribution in [0.2, 0.25) is 0 Å². The molecule has 0 amide bonds. The molecule has 0 spiro atoms. The highest BCUT2D eigenvalue weighted by Gasteiger charge is 2.17. The maximum atomic E-state index is 10.6. The molecule has 0 aromatic carbocycles. The van der Waals surface area contributed by atoms with Gasteiger partial charge in [-0.05, 0) is 50.3 Å². The van der Waals surface area contributed by atoms with Gasteiger partial charge in [-0.2, -0.15) is 0 Å². The minimum atomic E-state index is 0.123. The lowest BCUT2D eigenvalue weighted by Gasteiger charge is -2.10. The quantitative estimate of drug-likeness (QED) is 0.622. The molecule has 8 heteroatoms. The maximum Gasteiger partial charge on any atom is 0.196 e. The summed E-state index contributed by atoms with van der Waals surface area (Å²) in [4.78, 5) is 25.9. The number of aliphatic imine (C=N–C) groups is 1. The Morgan fingerprint density at radius 3 is 2.93 bits per heavy atom. The zero-order chi connectivity index (χ0) is 19.2. The van der Waals surface area contributed by atoms with E-state index in [0.717, 1.165) is 25.1 Å². The van der Waals surface area contributed by atoms with Crippen LogP contribution in [0.15, 0.2) is 46.8 Å². The summed E-state index contributed by atoms with van der Waals surface area (Å²) in [6.07, 6.45) is 5.95. The Morgan fingerprint density at radius 2 is 2.26 bits per heavy atom. The van der Waals surface area contributed by atoms with Gasteiger partial charge < -0.3 is 15.4 Å². The van der Waals surface area contributed by atoms with Crippen molar-refractivity contribution in [3.05, 3.63) is 53.0 Å². The van der Waals surface area contributed by atoms with Crippen LogP contribution in [0.4, 0.5) is 5.82 Å². The zero-order valence-corrected chi connectivity index (χ0v) is 15.4. The molecule has 3 rings (SSSR count). The van der Waals surface area contributed by atoms with Gasteiger partial charge in [-0.1, -0.05) is 0 Å². The van der Waals surface area contributed by atoms with Crippen LogP contribution in [0.5, 0.6) is 11.5 Å². The second kappa shape index (κ2) is 8.50. The molecule has 1 aliphatic heterocycles. The first-order valence-corrected chi connectivity index (χ1v) is 8.68. The van der Waals surface area contributed by atoms with E-state index in [-0.39, 0.29) is 11.9 Å². The third kappa shape index (κ3) is 4.73. The van der Waals surface area contributed by atoms with E-state index in [9.17, 15) is 4.91 Å². The summed E-state index contributed by atoms with van der Waals surface area (Å²) in [5, 5.41) is 2.82. The van der Waals surface area contributed by atoms with Crippen LogP contribution in [0.3, 0.4) is 0 Å². The fourth-order valence-electron chi connectivity index (χ4n) is 2.87. The Bertz CT molecular complexity index is 880. The molecule has 1 unspecified atom stereocenters. The lowest BCUT2D eigenvalue weighted by molar-refractivity contribution is 0.412. The van der Waals surface area contributed by atoms with E-state index < -0.39 is 0 Å². The summed E-state index contributed by atoms with van der Waals surface area (Å²) in [7, 11) is 2.09. The van der Waals surface area contributed by atoms with Crippen LogP contribution in [-0.4, -0.2) is 47.3 Å². The van der Waals surface area contributed by atoms with Gasteiger partial charge in [0.15, 0.2) is 5.82 Å². The summed E-state index contributed by atoms with van der Waals surface area (Å²) < 4.78 is 5.87. The van der Waals surface area contributed by atoms with Crippen LogP contribution < -0.4 is 10.5 Å². The predicted molar refractivity (Wildman–Crippen MR) is 105 cm³/mol. The van der Waals surface area contributed by atoms with Crippen molar-refractivity contribution in [2.75, 3.05) is 20.1 Å². The molecule has 8 nitrogen and oxygen atoms in total. The van der Waals surface area contributed by atoms with Crippen LogP contribution >= 0.6 is 0 Å². The summed E-state index contributed by atoms with van der Waals surface area (Å²) >= 11 is 0. The zero-order valence-electron chi connectivity index (χ0n) is 15.4. The van der Waals surface area contributed by atoms with Crippen molar-refractivity contribution < 1.29 is 4.74 Å². The molecule has 0 saturated carbocycles. The third-order valence-corrected chi connectivity index (χ3v) is 4.34. The fourth-order valence-corrected chi connectivity index (χ4v) is 2.87. The number of rotatable bonds is 6. The first-order valence-electron chi connectivity index (χ1n) is 8.68. The molecule has 1 aliphatic rings. The van der Waals surface area contributed by atoms with Crippen molar-refractivity contribution in [1.82, 2.24) is 14.9 Å². The van der Waals surface area contributed by atoms with Gasteiger partial charge in [0.1, 0.15) is 11.5 Å². The van der Waals surface area contributed by atoms with E-state index in [1.54, 1.807) is 37.5 Å². The number of nitroso groups, excluding NO2 is 1. The Kier molecular flexibility index (Phi) is 5.87. The van der Waals surface area contributed by atoms with E-state index in [0.29, 0.717) is 22.9 Å². The molecule has 2 aromatic rings. The van der Waals surface area contributed by atoms with Gasteiger partial charge in [-0.25, -0.2) is 4.98 Å². The van der Waals surface area contributed by atoms with E-state index >= 15 is 0 Å². The van der Waals surface area contributed by atoms with Crippen molar-refractivity contribution in [2.24, 2.45) is 15.9 Å². The van der Waals surface area contributed by atoms with E-state index in [1.807, 2.05) is 0 Å². The van der Waals surface area contributed by atoms with E-state index in [1.165, 1.54) is 12.3 Å². The number of aryl methyl sites for hydroxylation is 1. The number of likely N-dealkylation sites (tertiary alicyclic amines) is 1. The lowest BCUT2D eigenvalue weighted by Crippen LogP contribution is -2.15. The molecule has 2 aromatic heterocycles. The predicted octanol–water partition coefficient (Wildman–Crippen LogP) is 3.05. The van der Waals surface area contributed by atoms with Gasteiger partial charge in [0.25, 0.3) is 0 Å². The number of nitrogens with zero attached hydrogens (tertiary/aromatic N) is 5. The summed E-state index contributed by atoms with van der Waals surface area (Å²) in [6.45, 7) is 3.75. The Labute approximate surface area is 157 Å². The van der Waals surface area contributed by atoms with Crippen molar-refractivity contribution in [2.45, 2.75) is 19.4 Å². The Balaban J connectivity index is 1.76. The Hall–Kier alpha value is -3.13. The van der Waals surface area contributed by atoms with Crippen LogP contribution in [0.1, 0.15) is 17.8 Å². The standard InChI is InChI=1S/C19H22N6O2/c1-13-18(3-4-19(23-13)24-26)27-16-5-7-21-17(9-16)14(10-20)11-22-15-6-8-25(2)12-15/h3-5,7,9-11,15H,6,8,12,20H2,1-2H3. The van der Waals surface area contributed by atoms with Crippen molar-refractivity contribution >= 4 is 17.6 Å². The molecule has 1 saturated heterocycles. The number of aromatic nitrogens is 2. The largest absolute Gasteiger partial charge is 0.455 e. The lowest BCUT2D eigenvalue weighted by atomic mass is 10.2. The van der Waals surface area contributed by atoms with E-state index in [4.69, 9.17) is 10.5 Å². The molecule has 1 fully saturated rings. The monoisotopic (exact) mass is 366 g/mol. The average Bonchev–Trinajstić information content (AvgIpc) is 3.09. The second-order valence-corrected chi connectivity index (χ2v) is 6.43. The molecule has 140 valence electrons. The fraction of sp³-hybridized carbons (Fsp3) is 0.316. The number of ether oxygens (including phenoxy) is 1. The second-order valence-electron chi connectivity index (χ2n) is 6.43. The molecular weight excluding hydrogens is 344 g/mol. The van der Waals surface area contributed by atoms with E-state index in [2.05, 4.69) is 32.1 Å². The molecule has 0 bridgehead atoms. The topological polar surface area (TPSA) is 106 Å². The molecule has 27 heavy (non-hydrogen) atoms. The number of allylic oxidation sites excluding steroid dienone is 1. The number of likely N-dealkylation sites (N-methyl/N-ethyl adjacent to an activating group) is 1. The summed E-state index contributed by atoms with van der Waals surface area (Å²) in [5.41, 5.74) is 7.75. The molecule has 1 atom stereocenters. The van der Waals surface area contributed by atoms with Gasteiger partial charge >= 0.3 is 0 Å². The summed E-state index contributed by atoms with van der Waals surface area (Å²) in [5.74, 6) is 1.25. The normalized spacial score (nSPS) is 18.1. The number of pyridine rings is 2. The van der Waals surface area contributed by atoms with Crippen LogP contribution in [0, 0.1) is 11.8 Å². The van der Waals surface area contributed by atoms with Gasteiger partial charge in [0.05, 0.1) is 17.4 Å². The third-order valence-electron chi connectivity index (χ3n) is 4.34. The first kappa shape index (κ1) is 18.7. The molecular formula is C19H22N6O2. The Morgan fingerprint density at radius 1 is 1.41 bits per heavy atom. The maximum absolute atomic E-state index is 10.6. The minimum Gasteiger partial charge on any atom is -0.455 e. The van der Waals surface area contributed by atoms with Gasteiger partial charge in [-0.3, -0.25) is 9.98 Å². The smallest absolute Gasteiger partial charge is 0.196 e. The number of hydrogen-bond donors (Lipinski definition) is 1. The molecule has 3 heterocycles. The van der Waals surface area contributed by atoms with Gasteiger partial charge in [0.2, 0.25) is 0 Å². The minimum absolute atomic E-state index is 0.123. The van der Waals surface area contributed by atoms with Crippen LogP contribution in [-0.2, 0) is 0 Å². The SMILES string of the molecule is Cc1nc(N=O)ccc1Oc1ccnc(C(C=NC2CCN(C)C2)=CN)c1. The first-order chi connectivity index (χ1) is 13.1. The van der Waals surface area contributed by atoms with Crippen molar-refractivity contribution in [3.8, 4) is 11.5 Å². The molecule has 0 aliphatic carbocycles. The highest BCUT2D eigenvalue weighted by atomic mass is 16.5. The highest BCUT2D eigenvalue weighted by Crippen LogP contribution is 2.27. The molecule has 0 radical (unpaired) electrons. The van der Waals surface area contributed by atoms with Crippen molar-refractivity contribution in [3.63, 3.8) is 0 Å². The average molecular weight is 366 g/mol. The molecule has 2 N–H and O–H groups in total. The summed E-state index contributed by atoms with van der Waals surface area (Å²) in [6, 6.07) is 6.98. The highest BCUT2D eigenvalue weighted by molar-refractivity contribution is 6.09. The van der Waals surface area contributed by atoms with Crippen LogP contribution in [0.25, 0.3) is 5.57 Å². The van der Waals surface area contributed by atoms with Gasteiger partial charge in [-0.15, -0.1) is 4.91 Å². The van der Waals surface area contributed by atoms with Crippen molar-refractivity contribution in [1.29, 1.82) is 0 Å². The number of nitrogens with two attached hydrogens (primary N) is 1.